The number of anilines is 2. The lowest BCUT2D eigenvalue weighted by Crippen LogP contribution is -2.33. The van der Waals surface area contributed by atoms with E-state index in [4.69, 9.17) is 17.2 Å². The number of nitrogens with two attached hydrogens (primary N) is 3. The smallest absolute Gasteiger partial charge is 0.255 e. The predicted octanol–water partition coefficient (Wildman–Crippen LogP) is 2.30. The van der Waals surface area contributed by atoms with E-state index in [1.54, 1.807) is 23.5 Å². The van der Waals surface area contributed by atoms with Gasteiger partial charge in [-0.3, -0.25) is 14.4 Å². The van der Waals surface area contributed by atoms with E-state index in [2.05, 4.69) is 5.32 Å². The minimum Gasteiger partial charge on any atom is -0.397 e. The fourth-order valence-electron chi connectivity index (χ4n) is 2.76. The Labute approximate surface area is 165 Å². The summed E-state index contributed by atoms with van der Waals surface area (Å²) in [6, 6.07) is 13.3. The first kappa shape index (κ1) is 19.1. The van der Waals surface area contributed by atoms with Gasteiger partial charge >= 0.3 is 0 Å². The highest BCUT2D eigenvalue weighted by atomic mass is 32.1. The van der Waals surface area contributed by atoms with Crippen LogP contribution in [-0.4, -0.2) is 17.7 Å². The molecule has 7 N–H and O–H groups in total. The van der Waals surface area contributed by atoms with Gasteiger partial charge in [-0.2, -0.15) is 11.3 Å². The number of amides is 3. The molecule has 1 aromatic heterocycles. The van der Waals surface area contributed by atoms with Gasteiger partial charge < -0.3 is 22.5 Å². The van der Waals surface area contributed by atoms with E-state index in [1.807, 2.05) is 22.9 Å². The van der Waals surface area contributed by atoms with Gasteiger partial charge in [0.2, 0.25) is 11.8 Å². The van der Waals surface area contributed by atoms with E-state index >= 15 is 0 Å². The number of primary amides is 2. The molecular formula is C20H18N4O3S. The zero-order valence-corrected chi connectivity index (χ0v) is 15.5. The molecule has 0 unspecified atom stereocenters. The molecule has 0 aliphatic rings. The molecule has 1 heterocycles. The van der Waals surface area contributed by atoms with Gasteiger partial charge in [0.1, 0.15) is 5.92 Å². The average molecular weight is 394 g/mol. The van der Waals surface area contributed by atoms with Gasteiger partial charge in [-0.05, 0) is 57.8 Å². The van der Waals surface area contributed by atoms with Crippen molar-refractivity contribution in [1.29, 1.82) is 0 Å². The molecule has 0 saturated carbocycles. The molecule has 3 rings (SSSR count). The average Bonchev–Trinajstić information content (AvgIpc) is 3.18. The van der Waals surface area contributed by atoms with Crippen molar-refractivity contribution in [2.45, 2.75) is 5.92 Å². The second kappa shape index (κ2) is 7.93. The number of carbonyl (C=O) groups is 3. The fourth-order valence-corrected chi connectivity index (χ4v) is 3.43. The van der Waals surface area contributed by atoms with Crippen molar-refractivity contribution in [3.63, 3.8) is 0 Å². The Balaban J connectivity index is 1.81. The number of benzene rings is 2. The Hall–Kier alpha value is -3.65. The molecule has 3 amide bonds. The van der Waals surface area contributed by atoms with Crippen molar-refractivity contribution >= 4 is 40.4 Å². The molecule has 0 aliphatic heterocycles. The van der Waals surface area contributed by atoms with Gasteiger partial charge in [-0.1, -0.05) is 18.2 Å². The number of carbonyl (C=O) groups excluding carboxylic acids is 3. The number of nitrogen functional groups attached to an aromatic ring is 1. The molecule has 0 fully saturated rings. The van der Waals surface area contributed by atoms with Crippen LogP contribution in [0, 0.1) is 0 Å². The summed E-state index contributed by atoms with van der Waals surface area (Å²) in [4.78, 5) is 35.4. The maximum Gasteiger partial charge on any atom is 0.255 e. The Morgan fingerprint density at radius 3 is 2.14 bits per heavy atom. The molecule has 0 spiro atoms. The highest BCUT2D eigenvalue weighted by Crippen LogP contribution is 2.29. The van der Waals surface area contributed by atoms with Crippen LogP contribution < -0.4 is 22.5 Å². The SMILES string of the molecule is NC(=O)C(C(N)=O)c1ccc(C(=O)Nc2cc(-c3ccsc3)ccc2N)cc1. The summed E-state index contributed by atoms with van der Waals surface area (Å²) in [5.74, 6) is -3.31. The number of rotatable bonds is 6. The zero-order chi connectivity index (χ0) is 20.3. The lowest BCUT2D eigenvalue weighted by Gasteiger charge is -2.12. The third-order valence-electron chi connectivity index (χ3n) is 4.23. The molecule has 0 bridgehead atoms. The summed E-state index contributed by atoms with van der Waals surface area (Å²) in [7, 11) is 0. The summed E-state index contributed by atoms with van der Waals surface area (Å²) in [6.45, 7) is 0. The maximum absolute atomic E-state index is 12.6. The first-order chi connectivity index (χ1) is 13.4. The maximum atomic E-state index is 12.6. The first-order valence-electron chi connectivity index (χ1n) is 8.29. The number of nitrogens with one attached hydrogen (secondary N) is 1. The summed E-state index contributed by atoms with van der Waals surface area (Å²) >= 11 is 1.58. The molecule has 0 radical (unpaired) electrons. The molecule has 2 aromatic carbocycles. The molecule has 3 aromatic rings. The van der Waals surface area contributed by atoms with Crippen LogP contribution in [0.25, 0.3) is 11.1 Å². The van der Waals surface area contributed by atoms with Gasteiger partial charge in [-0.25, -0.2) is 0 Å². The molecule has 0 atom stereocenters. The molecule has 0 saturated heterocycles. The van der Waals surface area contributed by atoms with E-state index in [0.29, 0.717) is 22.5 Å². The summed E-state index contributed by atoms with van der Waals surface area (Å²) in [6.07, 6.45) is 0. The third-order valence-corrected chi connectivity index (χ3v) is 4.91. The van der Waals surface area contributed by atoms with Gasteiger partial charge in [0.15, 0.2) is 0 Å². The molecule has 28 heavy (non-hydrogen) atoms. The second-order valence-corrected chi connectivity index (χ2v) is 6.91. The second-order valence-electron chi connectivity index (χ2n) is 6.13. The molecule has 142 valence electrons. The van der Waals surface area contributed by atoms with E-state index in [-0.39, 0.29) is 5.91 Å². The van der Waals surface area contributed by atoms with Crippen molar-refractivity contribution in [1.82, 2.24) is 0 Å². The molecule has 7 nitrogen and oxygen atoms in total. The van der Waals surface area contributed by atoms with Crippen molar-refractivity contribution in [2.24, 2.45) is 11.5 Å². The van der Waals surface area contributed by atoms with Crippen LogP contribution in [0.5, 0.6) is 0 Å². The van der Waals surface area contributed by atoms with Gasteiger partial charge in [0.25, 0.3) is 5.91 Å². The van der Waals surface area contributed by atoms with Crippen molar-refractivity contribution in [2.75, 3.05) is 11.1 Å². The Morgan fingerprint density at radius 2 is 1.57 bits per heavy atom. The predicted molar refractivity (Wildman–Crippen MR) is 110 cm³/mol. The van der Waals surface area contributed by atoms with Gasteiger partial charge in [0, 0.05) is 5.56 Å². The molecular weight excluding hydrogens is 376 g/mol. The van der Waals surface area contributed by atoms with Crippen LogP contribution in [0.1, 0.15) is 21.8 Å². The summed E-state index contributed by atoms with van der Waals surface area (Å²) < 4.78 is 0. The van der Waals surface area contributed by atoms with Crippen molar-refractivity contribution < 1.29 is 14.4 Å². The Bertz CT molecular complexity index is 1020. The normalized spacial score (nSPS) is 10.6. The van der Waals surface area contributed by atoms with Crippen LogP contribution >= 0.6 is 11.3 Å². The number of hydrogen-bond acceptors (Lipinski definition) is 5. The Kier molecular flexibility index (Phi) is 5.42. The fraction of sp³-hybridized carbons (Fsp3) is 0.0500. The quantitative estimate of drug-likeness (QED) is 0.376. The van der Waals surface area contributed by atoms with Crippen molar-refractivity contribution in [3.05, 3.63) is 70.4 Å². The highest BCUT2D eigenvalue weighted by Gasteiger charge is 2.24. The van der Waals surface area contributed by atoms with Crippen LogP contribution in [0.3, 0.4) is 0 Å². The van der Waals surface area contributed by atoms with Crippen LogP contribution in [0.4, 0.5) is 11.4 Å². The molecule has 8 heteroatoms. The monoisotopic (exact) mass is 394 g/mol. The molecule has 0 aliphatic carbocycles. The lowest BCUT2D eigenvalue weighted by molar-refractivity contribution is -0.128. The van der Waals surface area contributed by atoms with Gasteiger partial charge in [0.05, 0.1) is 11.4 Å². The first-order valence-corrected chi connectivity index (χ1v) is 9.23. The standard InChI is InChI=1S/C20H18N4O3S/c21-15-6-5-13(14-7-8-28-10-14)9-16(15)24-20(27)12-3-1-11(2-4-12)17(18(22)25)19(23)26/h1-10,17H,21H2,(H2,22,25)(H2,23,26)(H,24,27). The van der Waals surface area contributed by atoms with Crippen molar-refractivity contribution in [3.8, 4) is 11.1 Å². The topological polar surface area (TPSA) is 141 Å². The van der Waals surface area contributed by atoms with Crippen LogP contribution in [-0.2, 0) is 9.59 Å². The summed E-state index contributed by atoms with van der Waals surface area (Å²) in [5.41, 5.74) is 20.0. The van der Waals surface area contributed by atoms with E-state index in [1.165, 1.54) is 24.3 Å². The number of hydrogen-bond donors (Lipinski definition) is 4. The van der Waals surface area contributed by atoms with Crippen LogP contribution in [0.15, 0.2) is 59.3 Å². The third kappa shape index (κ3) is 4.02. The highest BCUT2D eigenvalue weighted by molar-refractivity contribution is 7.08. The lowest BCUT2D eigenvalue weighted by atomic mass is 9.96. The van der Waals surface area contributed by atoms with E-state index in [0.717, 1.165) is 11.1 Å². The van der Waals surface area contributed by atoms with Crippen LogP contribution in [0.2, 0.25) is 0 Å². The van der Waals surface area contributed by atoms with E-state index < -0.39 is 17.7 Å². The minimum absolute atomic E-state index is 0.329. The largest absolute Gasteiger partial charge is 0.397 e. The summed E-state index contributed by atoms with van der Waals surface area (Å²) in [5, 5.41) is 6.75. The van der Waals surface area contributed by atoms with E-state index in [9.17, 15) is 14.4 Å². The zero-order valence-electron chi connectivity index (χ0n) is 14.7. The Morgan fingerprint density at radius 1 is 0.893 bits per heavy atom. The number of thiophene rings is 1. The van der Waals surface area contributed by atoms with Gasteiger partial charge in [-0.15, -0.1) is 0 Å². The minimum atomic E-state index is -1.24.